The van der Waals surface area contributed by atoms with Gasteiger partial charge in [0.25, 0.3) is 0 Å². The molecule has 120 valence electrons. The van der Waals surface area contributed by atoms with E-state index in [1.807, 2.05) is 0 Å². The number of rotatable bonds is 6. The van der Waals surface area contributed by atoms with Crippen molar-refractivity contribution in [1.82, 2.24) is 4.98 Å². The lowest BCUT2D eigenvalue weighted by Crippen LogP contribution is -2.10. The minimum atomic E-state index is -0.509. The average Bonchev–Trinajstić information content (AvgIpc) is 2.56. The van der Waals surface area contributed by atoms with Gasteiger partial charge in [-0.1, -0.05) is 6.08 Å². The number of aromatic nitrogens is 1. The van der Waals surface area contributed by atoms with E-state index in [0.717, 1.165) is 5.56 Å². The van der Waals surface area contributed by atoms with Crippen LogP contribution in [0.2, 0.25) is 0 Å². The van der Waals surface area contributed by atoms with Crippen molar-refractivity contribution in [2.75, 3.05) is 14.2 Å². The molecule has 2 rings (SSSR count). The number of carbonyl (C=O) groups excluding carboxylic acids is 1. The van der Waals surface area contributed by atoms with Gasteiger partial charge in [-0.25, -0.2) is 9.78 Å². The van der Waals surface area contributed by atoms with E-state index >= 15 is 0 Å². The number of carbonyl (C=O) groups is 1. The first-order chi connectivity index (χ1) is 11.1. The second-order valence-corrected chi connectivity index (χ2v) is 5.30. The zero-order chi connectivity index (χ0) is 16.8. The van der Waals surface area contributed by atoms with Crippen LogP contribution in [0, 0.1) is 0 Å². The van der Waals surface area contributed by atoms with Crippen LogP contribution in [-0.2, 0) is 6.42 Å². The van der Waals surface area contributed by atoms with Crippen molar-refractivity contribution < 1.29 is 19.0 Å². The summed E-state index contributed by atoms with van der Waals surface area (Å²) >= 11 is 3.24. The summed E-state index contributed by atoms with van der Waals surface area (Å²) < 4.78 is 16.5. The minimum absolute atomic E-state index is 0.345. The van der Waals surface area contributed by atoms with E-state index in [1.54, 1.807) is 43.6 Å². The van der Waals surface area contributed by atoms with E-state index in [2.05, 4.69) is 27.5 Å². The molecular formula is C17H16BrNO4. The summed E-state index contributed by atoms with van der Waals surface area (Å²) in [5.74, 6) is 0.873. The molecule has 0 aliphatic heterocycles. The van der Waals surface area contributed by atoms with Crippen LogP contribution in [0.25, 0.3) is 0 Å². The second-order valence-electron chi connectivity index (χ2n) is 4.55. The highest BCUT2D eigenvalue weighted by atomic mass is 79.9. The SMILES string of the molecule is C=CCc1cc(C(=O)Oc2cccnc2Br)cc(OC)c1OC. The van der Waals surface area contributed by atoms with E-state index in [1.165, 1.54) is 7.11 Å². The minimum Gasteiger partial charge on any atom is -0.493 e. The molecule has 0 N–H and O–H groups in total. The summed E-state index contributed by atoms with van der Waals surface area (Å²) in [5, 5.41) is 0. The van der Waals surface area contributed by atoms with E-state index in [0.29, 0.717) is 33.8 Å². The van der Waals surface area contributed by atoms with Gasteiger partial charge in [0.1, 0.15) is 4.60 Å². The molecule has 6 heteroatoms. The Bertz CT molecular complexity index is 731. The standard InChI is InChI=1S/C17H16BrNO4/c1-4-6-11-9-12(10-14(21-2)15(11)22-3)17(20)23-13-7-5-8-19-16(13)18/h4-5,7-10H,1,6H2,2-3H3. The fourth-order valence-corrected chi connectivity index (χ4v) is 2.41. The number of methoxy groups -OCH3 is 2. The Labute approximate surface area is 143 Å². The number of allylic oxidation sites excluding steroid dienone is 1. The Hall–Kier alpha value is -2.34. The Morgan fingerprint density at radius 3 is 2.70 bits per heavy atom. The lowest BCUT2D eigenvalue weighted by Gasteiger charge is -2.14. The lowest BCUT2D eigenvalue weighted by atomic mass is 10.1. The Balaban J connectivity index is 2.38. The van der Waals surface area contributed by atoms with E-state index in [4.69, 9.17) is 14.2 Å². The third-order valence-corrected chi connectivity index (χ3v) is 3.68. The molecule has 0 aliphatic rings. The number of nitrogens with zero attached hydrogens (tertiary/aromatic N) is 1. The molecule has 5 nitrogen and oxygen atoms in total. The van der Waals surface area contributed by atoms with Gasteiger partial charge in [-0.3, -0.25) is 0 Å². The highest BCUT2D eigenvalue weighted by Gasteiger charge is 2.18. The van der Waals surface area contributed by atoms with Crippen molar-refractivity contribution in [3.05, 3.63) is 58.8 Å². The summed E-state index contributed by atoms with van der Waals surface area (Å²) in [4.78, 5) is 16.4. The van der Waals surface area contributed by atoms with Gasteiger partial charge in [-0.2, -0.15) is 0 Å². The van der Waals surface area contributed by atoms with Crippen molar-refractivity contribution in [2.24, 2.45) is 0 Å². The van der Waals surface area contributed by atoms with Crippen LogP contribution in [0.3, 0.4) is 0 Å². The molecule has 0 fully saturated rings. The quantitative estimate of drug-likeness (QED) is 0.435. The summed E-state index contributed by atoms with van der Waals surface area (Å²) in [7, 11) is 3.07. The Morgan fingerprint density at radius 2 is 2.09 bits per heavy atom. The third kappa shape index (κ3) is 3.90. The molecule has 0 saturated heterocycles. The fraction of sp³-hybridized carbons (Fsp3) is 0.176. The molecule has 0 bridgehead atoms. The maximum atomic E-state index is 12.4. The largest absolute Gasteiger partial charge is 0.493 e. The second kappa shape index (κ2) is 7.78. The molecule has 0 atom stereocenters. The Kier molecular flexibility index (Phi) is 5.76. The number of benzene rings is 1. The van der Waals surface area contributed by atoms with E-state index in [9.17, 15) is 4.79 Å². The topological polar surface area (TPSA) is 57.7 Å². The monoisotopic (exact) mass is 377 g/mol. The van der Waals surface area contributed by atoms with Gasteiger partial charge in [-0.15, -0.1) is 6.58 Å². The zero-order valence-corrected chi connectivity index (χ0v) is 14.4. The smallest absolute Gasteiger partial charge is 0.343 e. The predicted octanol–water partition coefficient (Wildman–Crippen LogP) is 3.81. The van der Waals surface area contributed by atoms with Gasteiger partial charge in [0.2, 0.25) is 0 Å². The van der Waals surface area contributed by atoms with Crippen LogP contribution >= 0.6 is 15.9 Å². The number of esters is 1. The highest BCUT2D eigenvalue weighted by Crippen LogP contribution is 2.33. The van der Waals surface area contributed by atoms with Crippen LogP contribution < -0.4 is 14.2 Å². The van der Waals surface area contributed by atoms with Crippen molar-refractivity contribution >= 4 is 21.9 Å². The first-order valence-corrected chi connectivity index (χ1v) is 7.58. The highest BCUT2D eigenvalue weighted by molar-refractivity contribution is 9.10. The molecule has 0 aliphatic carbocycles. The van der Waals surface area contributed by atoms with E-state index < -0.39 is 5.97 Å². The zero-order valence-electron chi connectivity index (χ0n) is 12.8. The number of halogens is 1. The van der Waals surface area contributed by atoms with Gasteiger partial charge < -0.3 is 14.2 Å². The van der Waals surface area contributed by atoms with Gasteiger partial charge in [0, 0.05) is 11.8 Å². The molecular weight excluding hydrogens is 362 g/mol. The normalized spacial score (nSPS) is 10.0. The Morgan fingerprint density at radius 1 is 1.30 bits per heavy atom. The maximum absolute atomic E-state index is 12.4. The summed E-state index contributed by atoms with van der Waals surface area (Å²) in [6, 6.07) is 6.62. The molecule has 0 spiro atoms. The lowest BCUT2D eigenvalue weighted by molar-refractivity contribution is 0.0732. The van der Waals surface area contributed by atoms with E-state index in [-0.39, 0.29) is 0 Å². The summed E-state index contributed by atoms with van der Waals surface area (Å²) in [6.45, 7) is 3.71. The van der Waals surface area contributed by atoms with Gasteiger partial charge in [-0.05, 0) is 46.6 Å². The van der Waals surface area contributed by atoms with Crippen molar-refractivity contribution in [2.45, 2.75) is 6.42 Å². The van der Waals surface area contributed by atoms with Crippen LogP contribution in [-0.4, -0.2) is 25.2 Å². The van der Waals surface area contributed by atoms with Crippen molar-refractivity contribution in [3.63, 3.8) is 0 Å². The van der Waals surface area contributed by atoms with Crippen molar-refractivity contribution in [1.29, 1.82) is 0 Å². The van der Waals surface area contributed by atoms with Crippen LogP contribution in [0.1, 0.15) is 15.9 Å². The van der Waals surface area contributed by atoms with Crippen LogP contribution in [0.15, 0.2) is 47.7 Å². The number of pyridine rings is 1. The van der Waals surface area contributed by atoms with Crippen LogP contribution in [0.5, 0.6) is 17.2 Å². The first-order valence-electron chi connectivity index (χ1n) is 6.79. The molecule has 1 aromatic carbocycles. The summed E-state index contributed by atoms with van der Waals surface area (Å²) in [6.07, 6.45) is 3.86. The number of hydrogen-bond donors (Lipinski definition) is 0. The molecule has 0 amide bonds. The number of ether oxygens (including phenoxy) is 3. The average molecular weight is 378 g/mol. The molecule has 0 saturated carbocycles. The van der Waals surface area contributed by atoms with Crippen LogP contribution in [0.4, 0.5) is 0 Å². The molecule has 0 unspecified atom stereocenters. The molecule has 23 heavy (non-hydrogen) atoms. The van der Waals surface area contributed by atoms with Gasteiger partial charge >= 0.3 is 5.97 Å². The fourth-order valence-electron chi connectivity index (χ4n) is 2.07. The molecule has 1 aromatic heterocycles. The van der Waals surface area contributed by atoms with Gasteiger partial charge in [0.15, 0.2) is 17.2 Å². The van der Waals surface area contributed by atoms with Gasteiger partial charge in [0.05, 0.1) is 19.8 Å². The maximum Gasteiger partial charge on any atom is 0.343 e. The number of hydrogen-bond acceptors (Lipinski definition) is 5. The molecule has 2 aromatic rings. The molecule has 0 radical (unpaired) electrons. The van der Waals surface area contributed by atoms with Crippen molar-refractivity contribution in [3.8, 4) is 17.2 Å². The summed E-state index contributed by atoms with van der Waals surface area (Å²) in [5.41, 5.74) is 1.15. The third-order valence-electron chi connectivity index (χ3n) is 3.08. The predicted molar refractivity (Wildman–Crippen MR) is 90.3 cm³/mol. The first kappa shape index (κ1) is 17.0. The molecule has 1 heterocycles.